The van der Waals surface area contributed by atoms with Crippen molar-refractivity contribution in [3.05, 3.63) is 199 Å². The molecule has 9 aromatic carbocycles. The van der Waals surface area contributed by atoms with E-state index in [1.807, 2.05) is 11.3 Å². The fourth-order valence-electron chi connectivity index (χ4n) is 9.16. The van der Waals surface area contributed by atoms with Gasteiger partial charge in [-0.05, 0) is 109 Å². The number of hydrogen-bond acceptors (Lipinski definition) is 2. The lowest BCUT2D eigenvalue weighted by atomic mass is 9.82. The Labute approximate surface area is 325 Å². The molecule has 11 rings (SSSR count). The van der Waals surface area contributed by atoms with Crippen molar-refractivity contribution in [1.29, 1.82) is 0 Å². The first-order chi connectivity index (χ1) is 27.0. The molecule has 1 aliphatic rings. The van der Waals surface area contributed by atoms with Crippen LogP contribution >= 0.6 is 11.3 Å². The summed E-state index contributed by atoms with van der Waals surface area (Å²) in [6.45, 7) is 4.76. The molecule has 0 saturated heterocycles. The highest BCUT2D eigenvalue weighted by molar-refractivity contribution is 7.25. The maximum Gasteiger partial charge on any atom is 0.0476 e. The Morgan fingerprint density at radius 3 is 1.82 bits per heavy atom. The van der Waals surface area contributed by atoms with Crippen molar-refractivity contribution in [2.75, 3.05) is 4.90 Å². The van der Waals surface area contributed by atoms with E-state index in [1.165, 1.54) is 86.2 Å². The summed E-state index contributed by atoms with van der Waals surface area (Å²) in [6, 6.07) is 69.6. The highest BCUT2D eigenvalue weighted by atomic mass is 32.1. The first kappa shape index (κ1) is 32.0. The van der Waals surface area contributed by atoms with Crippen LogP contribution in [0.25, 0.3) is 75.1 Å². The summed E-state index contributed by atoms with van der Waals surface area (Å²) in [7, 11) is 0. The lowest BCUT2D eigenvalue weighted by Gasteiger charge is -2.28. The number of thiophene rings is 1. The second-order valence-corrected chi connectivity index (χ2v) is 16.4. The molecule has 0 atom stereocenters. The molecule has 0 bridgehead atoms. The zero-order chi connectivity index (χ0) is 36.7. The standard InChI is InChI=1S/C53H37NS/c1-53(2)47-31-24-35-14-6-7-17-43(35)52(47)46-30-28-39(32-48(46)53)54(40-27-29-45-44-18-8-9-21-49(44)55-50(45)33-40)38-25-22-36(23-26-38)42-20-11-16-37-15-10-19-41(51(37)42)34-12-4-3-5-13-34/h3-33H,1-2H3. The van der Waals surface area contributed by atoms with Crippen LogP contribution in [0.5, 0.6) is 0 Å². The molecule has 1 aliphatic carbocycles. The molecule has 0 aliphatic heterocycles. The molecule has 1 heterocycles. The Hall–Kier alpha value is -6.48. The summed E-state index contributed by atoms with van der Waals surface area (Å²) in [4.78, 5) is 2.45. The molecule has 0 radical (unpaired) electrons. The van der Waals surface area contributed by atoms with Crippen molar-refractivity contribution in [2.24, 2.45) is 0 Å². The zero-order valence-electron chi connectivity index (χ0n) is 30.8. The summed E-state index contributed by atoms with van der Waals surface area (Å²) in [5.41, 5.74) is 13.7. The molecule has 1 aromatic heterocycles. The van der Waals surface area contributed by atoms with Crippen molar-refractivity contribution < 1.29 is 0 Å². The topological polar surface area (TPSA) is 3.24 Å². The van der Waals surface area contributed by atoms with Gasteiger partial charge in [-0.1, -0.05) is 159 Å². The molecule has 0 unspecified atom stereocenters. The van der Waals surface area contributed by atoms with E-state index in [2.05, 4.69) is 207 Å². The zero-order valence-corrected chi connectivity index (χ0v) is 31.6. The molecule has 0 saturated carbocycles. The minimum Gasteiger partial charge on any atom is -0.310 e. The molecule has 0 fully saturated rings. The van der Waals surface area contributed by atoms with Gasteiger partial charge in [-0.2, -0.15) is 0 Å². The summed E-state index contributed by atoms with van der Waals surface area (Å²) < 4.78 is 2.62. The van der Waals surface area contributed by atoms with E-state index in [0.29, 0.717) is 0 Å². The van der Waals surface area contributed by atoms with Gasteiger partial charge in [-0.3, -0.25) is 0 Å². The maximum atomic E-state index is 2.45. The van der Waals surface area contributed by atoms with Crippen molar-refractivity contribution in [2.45, 2.75) is 19.3 Å². The molecule has 10 aromatic rings. The van der Waals surface area contributed by atoms with Crippen LogP contribution in [0.1, 0.15) is 25.0 Å². The highest BCUT2D eigenvalue weighted by Crippen LogP contribution is 2.53. The Kier molecular flexibility index (Phi) is 7.14. The average Bonchev–Trinajstić information content (AvgIpc) is 3.72. The first-order valence-electron chi connectivity index (χ1n) is 19.1. The Bertz CT molecular complexity index is 3110. The van der Waals surface area contributed by atoms with Gasteiger partial charge in [-0.25, -0.2) is 0 Å². The van der Waals surface area contributed by atoms with Gasteiger partial charge >= 0.3 is 0 Å². The summed E-state index contributed by atoms with van der Waals surface area (Å²) in [5.74, 6) is 0. The van der Waals surface area contributed by atoms with E-state index in [-0.39, 0.29) is 5.41 Å². The molecule has 1 nitrogen and oxygen atoms in total. The van der Waals surface area contributed by atoms with Gasteiger partial charge in [0.15, 0.2) is 0 Å². The quantitative estimate of drug-likeness (QED) is 0.171. The van der Waals surface area contributed by atoms with Gasteiger partial charge < -0.3 is 4.90 Å². The number of rotatable bonds is 5. The van der Waals surface area contributed by atoms with Crippen LogP contribution in [-0.2, 0) is 5.41 Å². The van der Waals surface area contributed by atoms with E-state index in [1.54, 1.807) is 0 Å². The summed E-state index contributed by atoms with van der Waals surface area (Å²) >= 11 is 1.87. The maximum absolute atomic E-state index is 2.45. The van der Waals surface area contributed by atoms with Crippen LogP contribution in [-0.4, -0.2) is 0 Å². The van der Waals surface area contributed by atoms with Crippen LogP contribution in [0, 0.1) is 0 Å². The van der Waals surface area contributed by atoms with Crippen LogP contribution in [0.3, 0.4) is 0 Å². The summed E-state index contributed by atoms with van der Waals surface area (Å²) in [5, 5.41) is 7.77. The lowest BCUT2D eigenvalue weighted by molar-refractivity contribution is 0.661. The Balaban J connectivity index is 1.08. The van der Waals surface area contributed by atoms with Crippen LogP contribution < -0.4 is 4.90 Å². The third kappa shape index (κ3) is 4.99. The third-order valence-corrected chi connectivity index (χ3v) is 13.0. The van der Waals surface area contributed by atoms with Gasteiger partial charge in [0, 0.05) is 42.6 Å². The van der Waals surface area contributed by atoms with Crippen molar-refractivity contribution in [3.63, 3.8) is 0 Å². The fourth-order valence-corrected chi connectivity index (χ4v) is 10.3. The van der Waals surface area contributed by atoms with Gasteiger partial charge in [0.25, 0.3) is 0 Å². The predicted octanol–water partition coefficient (Wildman–Crippen LogP) is 15.5. The number of benzene rings is 9. The number of anilines is 3. The number of hydrogen-bond donors (Lipinski definition) is 0. The van der Waals surface area contributed by atoms with Crippen LogP contribution in [0.15, 0.2) is 188 Å². The molecule has 260 valence electrons. The molecular weight excluding hydrogens is 683 g/mol. The second-order valence-electron chi connectivity index (χ2n) is 15.3. The molecule has 0 amide bonds. The summed E-state index contributed by atoms with van der Waals surface area (Å²) in [6.07, 6.45) is 0. The lowest BCUT2D eigenvalue weighted by Crippen LogP contribution is -2.16. The van der Waals surface area contributed by atoms with Gasteiger partial charge in [0.05, 0.1) is 0 Å². The van der Waals surface area contributed by atoms with Crippen molar-refractivity contribution in [3.8, 4) is 33.4 Å². The fraction of sp³-hybridized carbons (Fsp3) is 0.0566. The van der Waals surface area contributed by atoms with E-state index < -0.39 is 0 Å². The predicted molar refractivity (Wildman–Crippen MR) is 237 cm³/mol. The minimum absolute atomic E-state index is 0.138. The van der Waals surface area contributed by atoms with Crippen LogP contribution in [0.2, 0.25) is 0 Å². The molecule has 0 spiro atoms. The third-order valence-electron chi connectivity index (χ3n) is 11.9. The average molecular weight is 720 g/mol. The monoisotopic (exact) mass is 719 g/mol. The normalized spacial score (nSPS) is 13.1. The van der Waals surface area contributed by atoms with E-state index in [0.717, 1.165) is 17.1 Å². The number of nitrogens with zero attached hydrogens (tertiary/aromatic N) is 1. The second kappa shape index (κ2) is 12.3. The van der Waals surface area contributed by atoms with Crippen molar-refractivity contribution >= 4 is 70.1 Å². The SMILES string of the molecule is CC1(C)c2cc(N(c3ccc(-c4cccc5cccc(-c6ccccc6)c45)cc3)c3ccc4c(c3)sc3ccccc34)ccc2-c2c1ccc1ccccc21. The van der Waals surface area contributed by atoms with Gasteiger partial charge in [-0.15, -0.1) is 11.3 Å². The molecular formula is C53H37NS. The van der Waals surface area contributed by atoms with E-state index >= 15 is 0 Å². The van der Waals surface area contributed by atoms with Gasteiger partial charge in [0.2, 0.25) is 0 Å². The molecule has 2 heteroatoms. The minimum atomic E-state index is -0.138. The number of fused-ring (bicyclic) bond motifs is 9. The Morgan fingerprint density at radius 2 is 1.02 bits per heavy atom. The molecule has 0 N–H and O–H groups in total. The Morgan fingerprint density at radius 1 is 0.400 bits per heavy atom. The largest absolute Gasteiger partial charge is 0.310 e. The van der Waals surface area contributed by atoms with Gasteiger partial charge in [0.1, 0.15) is 0 Å². The van der Waals surface area contributed by atoms with E-state index in [9.17, 15) is 0 Å². The van der Waals surface area contributed by atoms with Crippen molar-refractivity contribution in [1.82, 2.24) is 0 Å². The molecule has 55 heavy (non-hydrogen) atoms. The first-order valence-corrected chi connectivity index (χ1v) is 19.9. The smallest absolute Gasteiger partial charge is 0.0476 e. The van der Waals surface area contributed by atoms with E-state index in [4.69, 9.17) is 0 Å². The van der Waals surface area contributed by atoms with Crippen LogP contribution in [0.4, 0.5) is 17.1 Å². The highest BCUT2D eigenvalue weighted by Gasteiger charge is 2.37.